The molecular weight excluding hydrogens is 338 g/mol. The van der Waals surface area contributed by atoms with Gasteiger partial charge in [0.15, 0.2) is 11.6 Å². The van der Waals surface area contributed by atoms with Crippen molar-refractivity contribution in [2.24, 2.45) is 5.73 Å². The minimum atomic E-state index is -0.934. The summed E-state index contributed by atoms with van der Waals surface area (Å²) in [5, 5.41) is 1.89. The highest BCUT2D eigenvalue weighted by Gasteiger charge is 2.19. The van der Waals surface area contributed by atoms with Gasteiger partial charge in [-0.25, -0.2) is 8.78 Å². The molecule has 0 saturated carbocycles. The van der Waals surface area contributed by atoms with Crippen LogP contribution in [0.3, 0.4) is 0 Å². The average molecular weight is 349 g/mol. The number of aromatic nitrogens is 1. The van der Waals surface area contributed by atoms with E-state index in [2.05, 4.69) is 20.9 Å². The maximum absolute atomic E-state index is 13.7. The quantitative estimate of drug-likeness (QED) is 0.700. The number of benzene rings is 2. The van der Waals surface area contributed by atoms with E-state index in [-0.39, 0.29) is 4.47 Å². The summed E-state index contributed by atoms with van der Waals surface area (Å²) in [4.78, 5) is 4.17. The van der Waals surface area contributed by atoms with Gasteiger partial charge in [0.1, 0.15) is 0 Å². The predicted molar refractivity (Wildman–Crippen MR) is 81.8 cm³/mol. The van der Waals surface area contributed by atoms with Crippen LogP contribution in [-0.4, -0.2) is 4.98 Å². The number of rotatable bonds is 2. The molecule has 1 heterocycles. The lowest BCUT2D eigenvalue weighted by molar-refractivity contribution is 0.501. The Labute approximate surface area is 128 Å². The van der Waals surface area contributed by atoms with Crippen LogP contribution in [0.2, 0.25) is 0 Å². The molecule has 0 radical (unpaired) electrons. The van der Waals surface area contributed by atoms with Crippen molar-refractivity contribution < 1.29 is 8.78 Å². The van der Waals surface area contributed by atoms with Crippen LogP contribution >= 0.6 is 15.9 Å². The Morgan fingerprint density at radius 1 is 1.00 bits per heavy atom. The fourth-order valence-electron chi connectivity index (χ4n) is 2.34. The monoisotopic (exact) mass is 348 g/mol. The molecule has 106 valence electrons. The van der Waals surface area contributed by atoms with Crippen LogP contribution in [0.1, 0.15) is 17.2 Å². The molecule has 0 aliphatic rings. The van der Waals surface area contributed by atoms with E-state index in [1.807, 2.05) is 24.3 Å². The number of nitrogens with two attached hydrogens (primary N) is 1. The number of hydrogen-bond donors (Lipinski definition) is 1. The van der Waals surface area contributed by atoms with Crippen molar-refractivity contribution >= 4 is 26.7 Å². The van der Waals surface area contributed by atoms with Crippen molar-refractivity contribution in [1.29, 1.82) is 0 Å². The number of hydrogen-bond acceptors (Lipinski definition) is 2. The third-order valence-electron chi connectivity index (χ3n) is 3.43. The molecule has 2 aromatic carbocycles. The zero-order valence-corrected chi connectivity index (χ0v) is 12.4. The van der Waals surface area contributed by atoms with Gasteiger partial charge in [-0.15, -0.1) is 0 Å². The lowest BCUT2D eigenvalue weighted by Gasteiger charge is -2.16. The second-order valence-corrected chi connectivity index (χ2v) is 5.49. The van der Waals surface area contributed by atoms with Crippen molar-refractivity contribution in [2.45, 2.75) is 6.04 Å². The molecule has 3 rings (SSSR count). The molecule has 2 nitrogen and oxygen atoms in total. The molecule has 0 amide bonds. The van der Waals surface area contributed by atoms with E-state index >= 15 is 0 Å². The highest BCUT2D eigenvalue weighted by Crippen LogP contribution is 2.32. The fraction of sp³-hybridized carbons (Fsp3) is 0.0625. The van der Waals surface area contributed by atoms with E-state index in [4.69, 9.17) is 5.73 Å². The largest absolute Gasteiger partial charge is 0.320 e. The molecule has 5 heteroatoms. The van der Waals surface area contributed by atoms with Crippen LogP contribution in [0, 0.1) is 11.6 Å². The summed E-state index contributed by atoms with van der Waals surface area (Å²) in [6.07, 6.45) is 3.40. The van der Waals surface area contributed by atoms with Crippen LogP contribution in [0.4, 0.5) is 8.78 Å². The first-order chi connectivity index (χ1) is 10.1. The molecule has 0 fully saturated rings. The normalized spacial score (nSPS) is 12.6. The smallest absolute Gasteiger partial charge is 0.173 e. The molecule has 1 aromatic heterocycles. The maximum atomic E-state index is 13.7. The first-order valence-corrected chi connectivity index (χ1v) is 7.10. The molecule has 0 saturated heterocycles. The van der Waals surface area contributed by atoms with Crippen molar-refractivity contribution in [3.63, 3.8) is 0 Å². The van der Waals surface area contributed by atoms with Gasteiger partial charge >= 0.3 is 0 Å². The van der Waals surface area contributed by atoms with Crippen molar-refractivity contribution in [3.8, 4) is 0 Å². The van der Waals surface area contributed by atoms with E-state index in [9.17, 15) is 8.78 Å². The van der Waals surface area contributed by atoms with E-state index in [1.54, 1.807) is 12.4 Å². The van der Waals surface area contributed by atoms with Gasteiger partial charge in [0.2, 0.25) is 0 Å². The van der Waals surface area contributed by atoms with E-state index in [1.165, 1.54) is 6.07 Å². The van der Waals surface area contributed by atoms with Crippen LogP contribution in [-0.2, 0) is 0 Å². The molecule has 21 heavy (non-hydrogen) atoms. The molecule has 1 unspecified atom stereocenters. The molecule has 0 bridgehead atoms. The van der Waals surface area contributed by atoms with Gasteiger partial charge in [-0.1, -0.05) is 30.3 Å². The van der Waals surface area contributed by atoms with Crippen LogP contribution in [0.25, 0.3) is 10.8 Å². The fourth-order valence-corrected chi connectivity index (χ4v) is 2.90. The number of fused-ring (bicyclic) bond motifs is 1. The highest BCUT2D eigenvalue weighted by atomic mass is 79.9. The SMILES string of the molecule is NC(c1ccc(F)c(F)c1Br)c1cncc2ccccc12. The average Bonchev–Trinajstić information content (AvgIpc) is 2.51. The molecule has 0 aliphatic carbocycles. The van der Waals surface area contributed by atoms with Gasteiger partial charge in [-0.3, -0.25) is 4.98 Å². The summed E-state index contributed by atoms with van der Waals surface area (Å²) in [5.41, 5.74) is 7.49. The lowest BCUT2D eigenvalue weighted by atomic mass is 9.96. The van der Waals surface area contributed by atoms with Crippen molar-refractivity contribution in [2.75, 3.05) is 0 Å². The summed E-state index contributed by atoms with van der Waals surface area (Å²) in [7, 11) is 0. The second kappa shape index (κ2) is 5.50. The van der Waals surface area contributed by atoms with Gasteiger partial charge < -0.3 is 5.73 Å². The summed E-state index contributed by atoms with van der Waals surface area (Å²) in [6.45, 7) is 0. The van der Waals surface area contributed by atoms with Gasteiger partial charge in [0, 0.05) is 17.8 Å². The molecule has 0 aliphatic heterocycles. The van der Waals surface area contributed by atoms with Gasteiger partial charge in [0.05, 0.1) is 10.5 Å². The van der Waals surface area contributed by atoms with Gasteiger partial charge in [-0.05, 0) is 38.5 Å². The Balaban J connectivity index is 2.17. The zero-order valence-electron chi connectivity index (χ0n) is 10.9. The van der Waals surface area contributed by atoms with Crippen molar-refractivity contribution in [3.05, 3.63) is 76.0 Å². The highest BCUT2D eigenvalue weighted by molar-refractivity contribution is 9.10. The zero-order chi connectivity index (χ0) is 15.0. The molecule has 1 atom stereocenters. The van der Waals surface area contributed by atoms with Gasteiger partial charge in [-0.2, -0.15) is 0 Å². The minimum Gasteiger partial charge on any atom is -0.320 e. The Morgan fingerprint density at radius 3 is 2.57 bits per heavy atom. The minimum absolute atomic E-state index is 0.0444. The third kappa shape index (κ3) is 2.43. The standard InChI is InChI=1S/C16H11BrF2N2/c17-14-11(5-6-13(18)15(14)19)16(20)12-8-21-7-9-3-1-2-4-10(9)12/h1-8,16H,20H2. The Bertz CT molecular complexity index is 815. The van der Waals surface area contributed by atoms with Gasteiger partial charge in [0.25, 0.3) is 0 Å². The third-order valence-corrected chi connectivity index (χ3v) is 4.24. The molecular formula is C16H11BrF2N2. The van der Waals surface area contributed by atoms with Crippen LogP contribution < -0.4 is 5.73 Å². The first kappa shape index (κ1) is 14.1. The molecule has 2 N–H and O–H groups in total. The summed E-state index contributed by atoms with van der Waals surface area (Å²) < 4.78 is 27.0. The van der Waals surface area contributed by atoms with Crippen molar-refractivity contribution in [1.82, 2.24) is 4.98 Å². The first-order valence-electron chi connectivity index (χ1n) is 6.31. The van der Waals surface area contributed by atoms with E-state index in [0.29, 0.717) is 5.56 Å². The summed E-state index contributed by atoms with van der Waals surface area (Å²) >= 11 is 3.08. The van der Waals surface area contributed by atoms with E-state index < -0.39 is 17.7 Å². The van der Waals surface area contributed by atoms with Crippen LogP contribution in [0.15, 0.2) is 53.3 Å². The lowest BCUT2D eigenvalue weighted by Crippen LogP contribution is -2.14. The maximum Gasteiger partial charge on any atom is 0.173 e. The topological polar surface area (TPSA) is 38.9 Å². The Morgan fingerprint density at radius 2 is 1.76 bits per heavy atom. The number of pyridine rings is 1. The van der Waals surface area contributed by atoms with Crippen LogP contribution in [0.5, 0.6) is 0 Å². The number of nitrogens with zero attached hydrogens (tertiary/aromatic N) is 1. The Hall–Kier alpha value is -1.85. The van der Waals surface area contributed by atoms with E-state index in [0.717, 1.165) is 22.4 Å². The second-order valence-electron chi connectivity index (χ2n) is 4.69. The molecule has 3 aromatic rings. The predicted octanol–water partition coefficient (Wildman–Crippen LogP) is 4.32. The summed E-state index contributed by atoms with van der Waals surface area (Å²) in [5.74, 6) is -1.84. The summed E-state index contributed by atoms with van der Waals surface area (Å²) in [6, 6.07) is 9.63. The molecule has 0 spiro atoms. The number of halogens is 3. The Kier molecular flexibility index (Phi) is 3.69.